The fourth-order valence-electron chi connectivity index (χ4n) is 4.15. The van der Waals surface area contributed by atoms with E-state index in [1.165, 1.54) is 64.2 Å². The normalized spacial score (nSPS) is 13.3. The Balaban J connectivity index is 2.03. The molecule has 0 bridgehead atoms. The van der Waals surface area contributed by atoms with Gasteiger partial charge in [0, 0.05) is 25.0 Å². The molecule has 3 N–H and O–H groups in total. The van der Waals surface area contributed by atoms with Crippen LogP contribution in [0.5, 0.6) is 0 Å². The van der Waals surface area contributed by atoms with Gasteiger partial charge in [0.15, 0.2) is 12.4 Å². The van der Waals surface area contributed by atoms with Gasteiger partial charge < -0.3 is 15.5 Å². The van der Waals surface area contributed by atoms with Gasteiger partial charge in [-0.15, -0.1) is 0 Å². The zero-order valence-electron chi connectivity index (χ0n) is 21.7. The highest BCUT2D eigenvalue weighted by Crippen LogP contribution is 2.12. The van der Waals surface area contributed by atoms with Gasteiger partial charge in [0.25, 0.3) is 0 Å². The van der Waals surface area contributed by atoms with Crippen LogP contribution in [-0.2, 0) is 11.3 Å². The molecule has 34 heavy (non-hydrogen) atoms. The number of hydrogen-bond donors (Lipinski definition) is 3. The van der Waals surface area contributed by atoms with Gasteiger partial charge >= 0.3 is 0 Å². The Labute approximate surface area is 208 Å². The van der Waals surface area contributed by atoms with E-state index in [0.29, 0.717) is 6.42 Å². The minimum absolute atomic E-state index is 0.107. The third-order valence-corrected chi connectivity index (χ3v) is 6.36. The zero-order valence-corrected chi connectivity index (χ0v) is 21.7. The van der Waals surface area contributed by atoms with E-state index in [-0.39, 0.29) is 12.5 Å². The maximum atomic E-state index is 12.2. The number of carbonyl (C=O) groups is 1. The number of nitrogens with one attached hydrogen (secondary N) is 1. The molecule has 0 unspecified atom stereocenters. The number of hydrogen-bond acceptors (Lipinski definition) is 3. The van der Waals surface area contributed by atoms with E-state index in [2.05, 4.69) is 16.8 Å². The maximum absolute atomic E-state index is 12.2. The molecule has 0 aliphatic heterocycles. The molecule has 0 radical (unpaired) electrons. The van der Waals surface area contributed by atoms with E-state index in [4.69, 9.17) is 0 Å². The van der Waals surface area contributed by atoms with E-state index in [0.717, 1.165) is 38.6 Å². The van der Waals surface area contributed by atoms with Crippen molar-refractivity contribution in [1.29, 1.82) is 0 Å². The Kier molecular flexibility index (Phi) is 19.4. The van der Waals surface area contributed by atoms with E-state index < -0.39 is 12.1 Å². The summed E-state index contributed by atoms with van der Waals surface area (Å²) in [6.07, 6.45) is 25.6. The van der Waals surface area contributed by atoms with Crippen molar-refractivity contribution in [3.63, 3.8) is 0 Å². The van der Waals surface area contributed by atoms with Crippen LogP contribution in [0.1, 0.15) is 110 Å². The van der Waals surface area contributed by atoms with Crippen molar-refractivity contribution in [2.24, 2.45) is 0 Å². The molecule has 0 aromatic carbocycles. The molecule has 0 spiro atoms. The zero-order chi connectivity index (χ0) is 24.7. The molecule has 0 saturated heterocycles. The van der Waals surface area contributed by atoms with Crippen LogP contribution in [0.25, 0.3) is 0 Å². The molecule has 1 heterocycles. The summed E-state index contributed by atoms with van der Waals surface area (Å²) in [6.45, 7) is 2.94. The summed E-state index contributed by atoms with van der Waals surface area (Å²) in [5.74, 6) is -0.107. The largest absolute Gasteiger partial charge is 0.394 e. The minimum atomic E-state index is -0.851. The molecule has 0 aliphatic rings. The average Bonchev–Trinajstić information content (AvgIpc) is 2.85. The number of unbranched alkanes of at least 4 members (excludes halogenated alkanes) is 13. The lowest BCUT2D eigenvalue weighted by Crippen LogP contribution is -2.45. The summed E-state index contributed by atoms with van der Waals surface area (Å²) >= 11 is 0. The van der Waals surface area contributed by atoms with Crippen molar-refractivity contribution in [2.75, 3.05) is 6.61 Å². The number of aliphatic hydroxyl groups excluding tert-OH is 2. The van der Waals surface area contributed by atoms with Crippen molar-refractivity contribution >= 4 is 5.91 Å². The molecule has 1 aromatic heterocycles. The number of aromatic nitrogens is 1. The topological polar surface area (TPSA) is 73.4 Å². The van der Waals surface area contributed by atoms with Gasteiger partial charge in [-0.3, -0.25) is 4.79 Å². The number of amides is 1. The second kappa shape index (κ2) is 21.8. The summed E-state index contributed by atoms with van der Waals surface area (Å²) in [5.41, 5.74) is 0. The van der Waals surface area contributed by atoms with Crippen LogP contribution in [0.4, 0.5) is 0 Å². The van der Waals surface area contributed by atoms with Crippen molar-refractivity contribution in [1.82, 2.24) is 5.32 Å². The Morgan fingerprint density at radius 3 is 2.06 bits per heavy atom. The summed E-state index contributed by atoms with van der Waals surface area (Å²) < 4.78 is 2.14. The SMILES string of the molecule is CCCCCCCCCCCCC/C=C/[C@@H](O)[C@H](CO)NC(=O)CCCCC[n+]1ccccc1. The monoisotopic (exact) mass is 475 g/mol. The summed E-state index contributed by atoms with van der Waals surface area (Å²) in [4.78, 5) is 12.2. The van der Waals surface area contributed by atoms with Crippen LogP contribution >= 0.6 is 0 Å². The standard InChI is InChI=1S/C29H50N2O3/c1-2-3-4-5-6-7-8-9-10-11-12-13-16-21-28(33)27(26-32)30-29(34)22-17-14-18-23-31-24-19-15-20-25-31/h15-16,19-21,24-25,27-28,32-33H,2-14,17-18,22-23,26H2,1H3/p+1/b21-16+/t27-,28+/m0/s1. The number of allylic oxidation sites excluding steroid dienone is 1. The molecule has 1 rings (SSSR count). The molecule has 0 aliphatic carbocycles. The highest BCUT2D eigenvalue weighted by Gasteiger charge is 2.18. The van der Waals surface area contributed by atoms with Gasteiger partial charge in [-0.05, 0) is 25.7 Å². The molecule has 0 saturated carbocycles. The van der Waals surface area contributed by atoms with Crippen LogP contribution < -0.4 is 9.88 Å². The lowest BCUT2D eigenvalue weighted by atomic mass is 10.0. The first kappa shape index (κ1) is 30.3. The predicted molar refractivity (Wildman–Crippen MR) is 140 cm³/mol. The van der Waals surface area contributed by atoms with Gasteiger partial charge in [0.2, 0.25) is 5.91 Å². The number of aryl methyl sites for hydroxylation is 1. The Bertz CT molecular complexity index is 621. The highest BCUT2D eigenvalue weighted by atomic mass is 16.3. The van der Waals surface area contributed by atoms with Crippen molar-refractivity contribution in [2.45, 2.75) is 128 Å². The molecule has 0 fully saturated rings. The molecule has 1 aromatic rings. The average molecular weight is 476 g/mol. The Morgan fingerprint density at radius 2 is 1.44 bits per heavy atom. The van der Waals surface area contributed by atoms with Crippen LogP contribution in [0.3, 0.4) is 0 Å². The van der Waals surface area contributed by atoms with Crippen molar-refractivity contribution < 1.29 is 19.6 Å². The number of rotatable bonds is 22. The molecule has 5 heteroatoms. The second-order valence-corrected chi connectivity index (χ2v) is 9.52. The first-order valence-corrected chi connectivity index (χ1v) is 13.9. The van der Waals surface area contributed by atoms with E-state index >= 15 is 0 Å². The molecular formula is C29H51N2O3+. The van der Waals surface area contributed by atoms with E-state index in [1.54, 1.807) is 6.08 Å². The smallest absolute Gasteiger partial charge is 0.220 e. The molecule has 194 valence electrons. The minimum Gasteiger partial charge on any atom is -0.394 e. The van der Waals surface area contributed by atoms with Crippen molar-refractivity contribution in [3.05, 3.63) is 42.7 Å². The second-order valence-electron chi connectivity index (χ2n) is 9.52. The quantitative estimate of drug-likeness (QED) is 0.116. The fourth-order valence-corrected chi connectivity index (χ4v) is 4.15. The van der Waals surface area contributed by atoms with Gasteiger partial charge in [-0.25, -0.2) is 4.57 Å². The maximum Gasteiger partial charge on any atom is 0.220 e. The van der Waals surface area contributed by atoms with Crippen LogP contribution in [0.15, 0.2) is 42.7 Å². The number of carbonyl (C=O) groups excluding carboxylic acids is 1. The molecule has 2 atom stereocenters. The summed E-state index contributed by atoms with van der Waals surface area (Å²) in [7, 11) is 0. The van der Waals surface area contributed by atoms with Gasteiger partial charge in [-0.2, -0.15) is 0 Å². The lowest BCUT2D eigenvalue weighted by molar-refractivity contribution is -0.697. The lowest BCUT2D eigenvalue weighted by Gasteiger charge is -2.19. The van der Waals surface area contributed by atoms with Crippen molar-refractivity contribution in [3.8, 4) is 0 Å². The molecule has 1 amide bonds. The first-order chi connectivity index (χ1) is 16.7. The van der Waals surface area contributed by atoms with E-state index in [9.17, 15) is 15.0 Å². The first-order valence-electron chi connectivity index (χ1n) is 13.9. The Hall–Kier alpha value is -1.72. The van der Waals surface area contributed by atoms with Crippen LogP contribution in [-0.4, -0.2) is 34.9 Å². The highest BCUT2D eigenvalue weighted by molar-refractivity contribution is 5.76. The van der Waals surface area contributed by atoms with Gasteiger partial charge in [0.1, 0.15) is 6.54 Å². The van der Waals surface area contributed by atoms with Crippen LogP contribution in [0, 0.1) is 0 Å². The van der Waals surface area contributed by atoms with Gasteiger partial charge in [-0.1, -0.05) is 89.4 Å². The molecule has 5 nitrogen and oxygen atoms in total. The Morgan fingerprint density at radius 1 is 0.853 bits per heavy atom. The predicted octanol–water partition coefficient (Wildman–Crippen LogP) is 5.63. The summed E-state index contributed by atoms with van der Waals surface area (Å²) in [6, 6.07) is 5.39. The van der Waals surface area contributed by atoms with E-state index in [1.807, 2.05) is 36.7 Å². The third kappa shape index (κ3) is 16.8. The fraction of sp³-hybridized carbons (Fsp3) is 0.724. The number of nitrogens with zero attached hydrogens (tertiary/aromatic N) is 1. The number of aliphatic hydroxyl groups is 2. The third-order valence-electron chi connectivity index (χ3n) is 6.36. The summed E-state index contributed by atoms with van der Waals surface area (Å²) in [5, 5.41) is 22.7. The number of pyridine rings is 1. The van der Waals surface area contributed by atoms with Crippen LogP contribution in [0.2, 0.25) is 0 Å². The van der Waals surface area contributed by atoms with Gasteiger partial charge in [0.05, 0.1) is 18.8 Å². The molecular weight excluding hydrogens is 424 g/mol.